The van der Waals surface area contributed by atoms with Crippen molar-refractivity contribution in [2.75, 3.05) is 10.8 Å². The molecule has 0 aliphatic heterocycles. The molecule has 0 aromatic heterocycles. The van der Waals surface area contributed by atoms with Gasteiger partial charge < -0.3 is 10.2 Å². The number of hydrogen-bond donors (Lipinski definition) is 1. The molecule has 1 atom stereocenters. The highest BCUT2D eigenvalue weighted by Gasteiger charge is 2.35. The highest BCUT2D eigenvalue weighted by molar-refractivity contribution is 7.92. The van der Waals surface area contributed by atoms with Gasteiger partial charge in [-0.15, -0.1) is 0 Å². The molecule has 0 aliphatic rings. The Bertz CT molecular complexity index is 1780. The maximum atomic E-state index is 14.5. The lowest BCUT2D eigenvalue weighted by molar-refractivity contribution is -0.140. The van der Waals surface area contributed by atoms with Crippen LogP contribution in [0.5, 0.6) is 0 Å². The number of benzene rings is 4. The molecular formula is C36H39ClFN3O4S. The van der Waals surface area contributed by atoms with E-state index in [1.165, 1.54) is 47.4 Å². The number of aryl methyl sites for hydroxylation is 2. The summed E-state index contributed by atoms with van der Waals surface area (Å²) < 4.78 is 43.2. The highest BCUT2D eigenvalue weighted by Crippen LogP contribution is 2.29. The Hall–Kier alpha value is -4.21. The molecule has 0 aliphatic carbocycles. The van der Waals surface area contributed by atoms with E-state index in [4.69, 9.17) is 11.6 Å². The van der Waals surface area contributed by atoms with Gasteiger partial charge in [0, 0.05) is 23.5 Å². The summed E-state index contributed by atoms with van der Waals surface area (Å²) in [5, 5.41) is 3.32. The first-order chi connectivity index (χ1) is 21.6. The summed E-state index contributed by atoms with van der Waals surface area (Å²) in [6.45, 7) is 8.48. The van der Waals surface area contributed by atoms with Crippen LogP contribution < -0.4 is 9.62 Å². The number of nitrogens with zero attached hydrogens (tertiary/aromatic N) is 2. The van der Waals surface area contributed by atoms with Crippen LogP contribution in [0.4, 0.5) is 10.1 Å². The number of sulfonamides is 1. The van der Waals surface area contributed by atoms with Crippen LogP contribution in [0, 0.1) is 19.7 Å². The van der Waals surface area contributed by atoms with Crippen molar-refractivity contribution in [2.45, 2.75) is 64.1 Å². The molecular weight excluding hydrogens is 625 g/mol. The van der Waals surface area contributed by atoms with E-state index in [0.717, 1.165) is 21.0 Å². The minimum absolute atomic E-state index is 0.000932. The molecule has 4 aromatic carbocycles. The third-order valence-corrected chi connectivity index (χ3v) is 9.56. The summed E-state index contributed by atoms with van der Waals surface area (Å²) in [5.74, 6) is -1.47. The number of halogens is 2. The highest BCUT2D eigenvalue weighted by atomic mass is 35.5. The topological polar surface area (TPSA) is 86.8 Å². The van der Waals surface area contributed by atoms with Crippen molar-refractivity contribution in [3.63, 3.8) is 0 Å². The quantitative estimate of drug-likeness (QED) is 0.190. The SMILES string of the molecule is Cc1ccc(S(=O)(=O)N(CC(=O)N(Cc2ccc(F)cc2)[C@H](Cc2ccccc2)C(=O)NC(C)(C)C)c2ccc(C)c(Cl)c2)cc1. The van der Waals surface area contributed by atoms with E-state index in [1.54, 1.807) is 31.2 Å². The number of carbonyl (C=O) groups is 2. The van der Waals surface area contributed by atoms with E-state index in [0.29, 0.717) is 10.6 Å². The van der Waals surface area contributed by atoms with Crippen molar-refractivity contribution < 1.29 is 22.4 Å². The van der Waals surface area contributed by atoms with Gasteiger partial charge in [0.1, 0.15) is 18.4 Å². The number of amides is 2. The van der Waals surface area contributed by atoms with Crippen molar-refractivity contribution in [3.05, 3.63) is 130 Å². The number of hydrogen-bond acceptors (Lipinski definition) is 4. The Morgan fingerprint density at radius 2 is 1.50 bits per heavy atom. The predicted molar refractivity (Wildman–Crippen MR) is 181 cm³/mol. The van der Waals surface area contributed by atoms with Crippen molar-refractivity contribution in [1.82, 2.24) is 10.2 Å². The van der Waals surface area contributed by atoms with E-state index < -0.39 is 45.8 Å². The fourth-order valence-corrected chi connectivity index (χ4v) is 6.48. The Kier molecular flexibility index (Phi) is 10.9. The number of anilines is 1. The molecule has 1 N–H and O–H groups in total. The molecule has 0 saturated heterocycles. The second-order valence-corrected chi connectivity index (χ2v) is 14.6. The monoisotopic (exact) mass is 663 g/mol. The van der Waals surface area contributed by atoms with Crippen LogP contribution in [0.2, 0.25) is 5.02 Å². The molecule has 0 spiro atoms. The number of rotatable bonds is 11. The average molecular weight is 664 g/mol. The fourth-order valence-electron chi connectivity index (χ4n) is 4.90. The van der Waals surface area contributed by atoms with Crippen LogP contribution in [-0.4, -0.2) is 43.3 Å². The fraction of sp³-hybridized carbons (Fsp3) is 0.278. The summed E-state index contributed by atoms with van der Waals surface area (Å²) in [5.41, 5.74) is 2.58. The van der Waals surface area contributed by atoms with Crippen molar-refractivity contribution in [1.29, 1.82) is 0 Å². The van der Waals surface area contributed by atoms with Gasteiger partial charge in [0.2, 0.25) is 11.8 Å². The second kappa shape index (κ2) is 14.5. The van der Waals surface area contributed by atoms with Crippen molar-refractivity contribution in [3.8, 4) is 0 Å². The number of carbonyl (C=O) groups excluding carboxylic acids is 2. The largest absolute Gasteiger partial charge is 0.350 e. The van der Waals surface area contributed by atoms with Gasteiger partial charge in [0.05, 0.1) is 10.6 Å². The van der Waals surface area contributed by atoms with Gasteiger partial charge in [0.15, 0.2) is 0 Å². The average Bonchev–Trinajstić information content (AvgIpc) is 2.99. The molecule has 0 fully saturated rings. The normalized spacial score (nSPS) is 12.3. The van der Waals surface area contributed by atoms with Crippen LogP contribution in [0.15, 0.2) is 102 Å². The van der Waals surface area contributed by atoms with Crippen LogP contribution in [-0.2, 0) is 32.6 Å². The predicted octanol–water partition coefficient (Wildman–Crippen LogP) is 6.85. The molecule has 0 unspecified atom stereocenters. The van der Waals surface area contributed by atoms with Gasteiger partial charge in [0.25, 0.3) is 10.0 Å². The minimum Gasteiger partial charge on any atom is -0.350 e. The summed E-state index contributed by atoms with van der Waals surface area (Å²) >= 11 is 6.44. The summed E-state index contributed by atoms with van der Waals surface area (Å²) in [7, 11) is -4.26. The lowest BCUT2D eigenvalue weighted by Crippen LogP contribution is -2.56. The maximum Gasteiger partial charge on any atom is 0.264 e. The zero-order valence-corrected chi connectivity index (χ0v) is 28.2. The molecule has 242 valence electrons. The van der Waals surface area contributed by atoms with Crippen LogP contribution in [0.3, 0.4) is 0 Å². The molecule has 7 nitrogen and oxygen atoms in total. The van der Waals surface area contributed by atoms with Gasteiger partial charge in [-0.1, -0.05) is 77.8 Å². The Morgan fingerprint density at radius 3 is 2.09 bits per heavy atom. The van der Waals surface area contributed by atoms with E-state index in [-0.39, 0.29) is 23.5 Å². The summed E-state index contributed by atoms with van der Waals surface area (Å²) in [4.78, 5) is 29.8. The first-order valence-corrected chi connectivity index (χ1v) is 16.7. The van der Waals surface area contributed by atoms with Gasteiger partial charge in [-0.2, -0.15) is 0 Å². The van der Waals surface area contributed by atoms with E-state index in [2.05, 4.69) is 5.32 Å². The first kappa shape index (κ1) is 34.7. The van der Waals surface area contributed by atoms with E-state index in [9.17, 15) is 22.4 Å². The molecule has 4 rings (SSSR count). The maximum absolute atomic E-state index is 14.5. The molecule has 0 radical (unpaired) electrons. The van der Waals surface area contributed by atoms with Crippen LogP contribution in [0.1, 0.15) is 43.0 Å². The van der Waals surface area contributed by atoms with Crippen molar-refractivity contribution >= 4 is 39.1 Å². The summed E-state index contributed by atoms with van der Waals surface area (Å²) in [6.07, 6.45) is 0.163. The first-order valence-electron chi connectivity index (χ1n) is 14.9. The Labute approximate surface area is 276 Å². The molecule has 0 saturated carbocycles. The molecule has 0 heterocycles. The summed E-state index contributed by atoms with van der Waals surface area (Å²) in [6, 6.07) is 25.0. The molecule has 2 amide bonds. The molecule has 10 heteroatoms. The van der Waals surface area contributed by atoms with Gasteiger partial charge in [-0.3, -0.25) is 13.9 Å². The standard InChI is InChI=1S/C36H39ClFN3O4S/c1-25-11-19-31(20-12-25)46(44,45)41(30-18-13-26(2)32(37)22-30)24-34(42)40(23-28-14-16-29(38)17-15-28)33(35(43)39-36(3,4)5)21-27-9-7-6-8-10-27/h6-20,22,33H,21,23-24H2,1-5H3,(H,39,43)/t33-/m1/s1. The third-order valence-electron chi connectivity index (χ3n) is 7.37. The zero-order valence-electron chi connectivity index (χ0n) is 26.6. The Morgan fingerprint density at radius 1 is 0.870 bits per heavy atom. The zero-order chi connectivity index (χ0) is 33.6. The number of nitrogens with one attached hydrogen (secondary N) is 1. The van der Waals surface area contributed by atoms with Crippen LogP contribution >= 0.6 is 11.6 Å². The third kappa shape index (κ3) is 8.95. The lowest BCUT2D eigenvalue weighted by atomic mass is 10.0. The van der Waals surface area contributed by atoms with E-state index >= 15 is 0 Å². The van der Waals surface area contributed by atoms with Crippen LogP contribution in [0.25, 0.3) is 0 Å². The smallest absolute Gasteiger partial charge is 0.264 e. The van der Waals surface area contributed by atoms with Crippen molar-refractivity contribution in [2.24, 2.45) is 0 Å². The second-order valence-electron chi connectivity index (χ2n) is 12.4. The van der Waals surface area contributed by atoms with Gasteiger partial charge in [-0.05, 0) is 87.7 Å². The van der Waals surface area contributed by atoms with Gasteiger partial charge in [-0.25, -0.2) is 12.8 Å². The van der Waals surface area contributed by atoms with Gasteiger partial charge >= 0.3 is 0 Å². The van der Waals surface area contributed by atoms with E-state index in [1.807, 2.05) is 58.0 Å². The molecule has 4 aromatic rings. The lowest BCUT2D eigenvalue weighted by Gasteiger charge is -2.35. The minimum atomic E-state index is -4.26. The molecule has 0 bridgehead atoms. The Balaban J connectivity index is 1.83. The molecule has 46 heavy (non-hydrogen) atoms.